The number of aromatic nitrogens is 2. The third-order valence-electron chi connectivity index (χ3n) is 3.58. The summed E-state index contributed by atoms with van der Waals surface area (Å²) in [6.07, 6.45) is 1.52. The lowest BCUT2D eigenvalue weighted by Gasteiger charge is -2.01. The first-order valence-corrected chi connectivity index (χ1v) is 8.03. The number of hydrogen-bond donors (Lipinski definition) is 1. The molecule has 0 saturated heterocycles. The number of fused-ring (bicyclic) bond motifs is 3. The van der Waals surface area contributed by atoms with E-state index in [-0.39, 0.29) is 0 Å². The Labute approximate surface area is 136 Å². The standard InChI is InChI=1S/C17H14N4OS/c1-10-7-8-14(23-10)11(2)20-21-17-16-15(18-9-19-17)12-5-3-4-6-13(12)22-16/h3-9H,1-2H3,(H,18,19,21)/b20-11-. The van der Waals surface area contributed by atoms with Crippen molar-refractivity contribution in [3.63, 3.8) is 0 Å². The van der Waals surface area contributed by atoms with Crippen LogP contribution in [0.25, 0.3) is 22.1 Å². The molecular formula is C17H14N4OS. The summed E-state index contributed by atoms with van der Waals surface area (Å²) in [5.74, 6) is 0.568. The van der Waals surface area contributed by atoms with Gasteiger partial charge in [-0.1, -0.05) is 12.1 Å². The number of hydrogen-bond acceptors (Lipinski definition) is 6. The highest BCUT2D eigenvalue weighted by atomic mass is 32.1. The minimum Gasteiger partial charge on any atom is -0.450 e. The van der Waals surface area contributed by atoms with Gasteiger partial charge in [0.05, 0.1) is 10.6 Å². The molecular weight excluding hydrogens is 308 g/mol. The molecule has 5 nitrogen and oxygen atoms in total. The molecule has 0 aliphatic heterocycles. The zero-order chi connectivity index (χ0) is 15.8. The van der Waals surface area contributed by atoms with Crippen LogP contribution >= 0.6 is 11.3 Å². The molecule has 0 spiro atoms. The van der Waals surface area contributed by atoms with E-state index in [1.807, 2.05) is 31.2 Å². The monoisotopic (exact) mass is 322 g/mol. The van der Waals surface area contributed by atoms with Crippen LogP contribution < -0.4 is 5.43 Å². The highest BCUT2D eigenvalue weighted by Gasteiger charge is 2.12. The van der Waals surface area contributed by atoms with E-state index in [2.05, 4.69) is 39.6 Å². The largest absolute Gasteiger partial charge is 0.450 e. The van der Waals surface area contributed by atoms with Gasteiger partial charge >= 0.3 is 0 Å². The van der Waals surface area contributed by atoms with E-state index in [0.717, 1.165) is 27.1 Å². The summed E-state index contributed by atoms with van der Waals surface area (Å²) in [6.45, 7) is 4.05. The Balaban J connectivity index is 1.74. The molecule has 4 aromatic rings. The van der Waals surface area contributed by atoms with Gasteiger partial charge < -0.3 is 4.42 Å². The Morgan fingerprint density at radius 2 is 2.04 bits per heavy atom. The second-order valence-electron chi connectivity index (χ2n) is 5.22. The van der Waals surface area contributed by atoms with E-state index >= 15 is 0 Å². The number of rotatable bonds is 3. The van der Waals surface area contributed by atoms with Crippen molar-refractivity contribution in [2.45, 2.75) is 13.8 Å². The Morgan fingerprint density at radius 1 is 1.17 bits per heavy atom. The average Bonchev–Trinajstić information content (AvgIpc) is 3.16. The zero-order valence-corrected chi connectivity index (χ0v) is 13.5. The Morgan fingerprint density at radius 3 is 2.87 bits per heavy atom. The molecule has 0 atom stereocenters. The molecule has 0 fully saturated rings. The maximum atomic E-state index is 5.87. The molecule has 1 N–H and O–H groups in total. The van der Waals surface area contributed by atoms with E-state index < -0.39 is 0 Å². The van der Waals surface area contributed by atoms with Crippen LogP contribution in [0.5, 0.6) is 0 Å². The maximum absolute atomic E-state index is 5.87. The molecule has 0 bridgehead atoms. The fourth-order valence-corrected chi connectivity index (χ4v) is 3.24. The van der Waals surface area contributed by atoms with Gasteiger partial charge in [-0.05, 0) is 38.1 Å². The quantitative estimate of drug-likeness (QED) is 0.443. The highest BCUT2D eigenvalue weighted by molar-refractivity contribution is 7.14. The van der Waals surface area contributed by atoms with Crippen molar-refractivity contribution < 1.29 is 4.42 Å². The minimum absolute atomic E-state index is 0.568. The van der Waals surface area contributed by atoms with Gasteiger partial charge in [-0.3, -0.25) is 5.43 Å². The minimum atomic E-state index is 0.568. The topological polar surface area (TPSA) is 63.3 Å². The summed E-state index contributed by atoms with van der Waals surface area (Å²) in [7, 11) is 0. The normalized spacial score (nSPS) is 12.2. The van der Waals surface area contributed by atoms with Crippen molar-refractivity contribution in [1.82, 2.24) is 9.97 Å². The molecule has 0 aliphatic carbocycles. The number of aryl methyl sites for hydroxylation is 1. The summed E-state index contributed by atoms with van der Waals surface area (Å²) < 4.78 is 5.87. The lowest BCUT2D eigenvalue weighted by atomic mass is 10.2. The molecule has 0 saturated carbocycles. The highest BCUT2D eigenvalue weighted by Crippen LogP contribution is 2.30. The van der Waals surface area contributed by atoms with Crippen LogP contribution in [0.3, 0.4) is 0 Å². The van der Waals surface area contributed by atoms with Crippen LogP contribution in [0.15, 0.2) is 52.2 Å². The van der Waals surface area contributed by atoms with Gasteiger partial charge in [0.2, 0.25) is 0 Å². The van der Waals surface area contributed by atoms with Crippen molar-refractivity contribution in [3.8, 4) is 0 Å². The lowest BCUT2D eigenvalue weighted by molar-refractivity contribution is 0.667. The average molecular weight is 322 g/mol. The summed E-state index contributed by atoms with van der Waals surface area (Å²) in [5, 5.41) is 5.40. The molecule has 3 heterocycles. The summed E-state index contributed by atoms with van der Waals surface area (Å²) in [6, 6.07) is 12.0. The van der Waals surface area contributed by atoms with Crippen LogP contribution in [-0.2, 0) is 0 Å². The van der Waals surface area contributed by atoms with Crippen molar-refractivity contribution in [1.29, 1.82) is 0 Å². The van der Waals surface area contributed by atoms with Crippen molar-refractivity contribution in [2.75, 3.05) is 5.43 Å². The number of benzene rings is 1. The second-order valence-corrected chi connectivity index (χ2v) is 6.51. The molecule has 6 heteroatoms. The van der Waals surface area contributed by atoms with E-state index in [4.69, 9.17) is 4.42 Å². The Hall–Kier alpha value is -2.73. The Bertz CT molecular complexity index is 1030. The van der Waals surface area contributed by atoms with Crippen LogP contribution in [0.4, 0.5) is 5.82 Å². The third-order valence-corrected chi connectivity index (χ3v) is 4.69. The van der Waals surface area contributed by atoms with Crippen LogP contribution in [0.2, 0.25) is 0 Å². The zero-order valence-electron chi connectivity index (χ0n) is 12.7. The SMILES string of the molecule is C/C(=N/Nc1ncnc2c1oc1ccccc12)c1ccc(C)s1. The van der Waals surface area contributed by atoms with Crippen molar-refractivity contribution >= 4 is 44.9 Å². The van der Waals surface area contributed by atoms with E-state index in [0.29, 0.717) is 11.4 Å². The summed E-state index contributed by atoms with van der Waals surface area (Å²) >= 11 is 1.71. The Kier molecular flexibility index (Phi) is 3.31. The van der Waals surface area contributed by atoms with Gasteiger partial charge in [-0.15, -0.1) is 11.3 Å². The van der Waals surface area contributed by atoms with Crippen LogP contribution in [0, 0.1) is 6.92 Å². The second kappa shape index (κ2) is 5.48. The van der Waals surface area contributed by atoms with Gasteiger partial charge in [-0.2, -0.15) is 5.10 Å². The van der Waals surface area contributed by atoms with E-state index in [1.165, 1.54) is 11.2 Å². The molecule has 4 rings (SSSR count). The molecule has 3 aromatic heterocycles. The number of thiophene rings is 1. The fraction of sp³-hybridized carbons (Fsp3) is 0.118. The number of nitrogens with zero attached hydrogens (tertiary/aromatic N) is 3. The molecule has 1 aromatic carbocycles. The van der Waals surface area contributed by atoms with Gasteiger partial charge in [0.1, 0.15) is 17.4 Å². The molecule has 0 unspecified atom stereocenters. The van der Waals surface area contributed by atoms with Gasteiger partial charge in [0.25, 0.3) is 0 Å². The van der Waals surface area contributed by atoms with Crippen molar-refractivity contribution in [2.24, 2.45) is 5.10 Å². The van der Waals surface area contributed by atoms with Gasteiger partial charge in [0.15, 0.2) is 11.4 Å². The first-order chi connectivity index (χ1) is 11.2. The third kappa shape index (κ3) is 2.47. The first kappa shape index (κ1) is 13.9. The van der Waals surface area contributed by atoms with Crippen LogP contribution in [-0.4, -0.2) is 15.7 Å². The molecule has 0 amide bonds. The maximum Gasteiger partial charge on any atom is 0.197 e. The molecule has 0 aliphatic rings. The van der Waals surface area contributed by atoms with Crippen LogP contribution in [0.1, 0.15) is 16.7 Å². The summed E-state index contributed by atoms with van der Waals surface area (Å²) in [4.78, 5) is 11.0. The first-order valence-electron chi connectivity index (χ1n) is 7.22. The van der Waals surface area contributed by atoms with E-state index in [1.54, 1.807) is 11.3 Å². The lowest BCUT2D eigenvalue weighted by Crippen LogP contribution is -1.99. The molecule has 23 heavy (non-hydrogen) atoms. The fourth-order valence-electron chi connectivity index (χ4n) is 2.42. The predicted octanol–water partition coefficient (Wildman–Crippen LogP) is 4.58. The van der Waals surface area contributed by atoms with Crippen molar-refractivity contribution in [3.05, 3.63) is 52.5 Å². The number of furan rings is 1. The smallest absolute Gasteiger partial charge is 0.197 e. The summed E-state index contributed by atoms with van der Waals surface area (Å²) in [5.41, 5.74) is 6.11. The van der Waals surface area contributed by atoms with Gasteiger partial charge in [0, 0.05) is 10.3 Å². The van der Waals surface area contributed by atoms with Gasteiger partial charge in [-0.25, -0.2) is 9.97 Å². The number of anilines is 1. The molecule has 0 radical (unpaired) electrons. The number of nitrogens with one attached hydrogen (secondary N) is 1. The molecule has 114 valence electrons. The predicted molar refractivity (Wildman–Crippen MR) is 94.2 cm³/mol. The van der Waals surface area contributed by atoms with E-state index in [9.17, 15) is 0 Å². The number of para-hydroxylation sites is 1. The number of hydrazone groups is 1.